The van der Waals surface area contributed by atoms with Crippen LogP contribution in [0.15, 0.2) is 42.5 Å². The second kappa shape index (κ2) is 9.74. The van der Waals surface area contributed by atoms with Gasteiger partial charge in [-0.25, -0.2) is 9.97 Å². The van der Waals surface area contributed by atoms with Gasteiger partial charge in [-0.3, -0.25) is 4.79 Å². The summed E-state index contributed by atoms with van der Waals surface area (Å²) >= 11 is 0. The summed E-state index contributed by atoms with van der Waals surface area (Å²) in [5.41, 5.74) is 8.11. The maximum atomic E-state index is 13.0. The molecule has 1 aliphatic rings. The largest absolute Gasteiger partial charge is 0.353 e. The number of carbonyl (C=O) groups is 1. The molecule has 5 heteroatoms. The highest BCUT2D eigenvalue weighted by Gasteiger charge is 2.25. The molecule has 0 aliphatic carbocycles. The first kappa shape index (κ1) is 23.0. The Kier molecular flexibility index (Phi) is 6.77. The van der Waals surface area contributed by atoms with E-state index in [0.29, 0.717) is 13.1 Å². The Morgan fingerprint density at radius 3 is 2.27 bits per heavy atom. The average molecular weight is 443 g/mol. The predicted molar refractivity (Wildman–Crippen MR) is 134 cm³/mol. The Bertz CT molecular complexity index is 1150. The van der Waals surface area contributed by atoms with Gasteiger partial charge in [-0.1, -0.05) is 42.8 Å². The molecule has 4 rings (SSSR count). The Morgan fingerprint density at radius 1 is 0.909 bits per heavy atom. The van der Waals surface area contributed by atoms with Gasteiger partial charge in [0.25, 0.3) is 5.91 Å². The zero-order chi connectivity index (χ0) is 23.5. The van der Waals surface area contributed by atoms with Crippen LogP contribution in [0.2, 0.25) is 0 Å². The first-order valence-electron chi connectivity index (χ1n) is 11.9. The quantitative estimate of drug-likeness (QED) is 0.568. The standard InChI is InChI=1S/C28H34N4O/c1-6-23-9-11-24(12-10-23)28(33)32-15-13-31(14-16-32)27-26(21(4)29-22(5)30-27)18-25-17-19(2)7-8-20(25)3/h7-12,17H,6,13-16,18H2,1-5H3. The lowest BCUT2D eigenvalue weighted by Gasteiger charge is -2.36. The molecule has 1 aliphatic heterocycles. The van der Waals surface area contributed by atoms with E-state index < -0.39 is 0 Å². The lowest BCUT2D eigenvalue weighted by atomic mass is 9.97. The smallest absolute Gasteiger partial charge is 0.253 e. The Labute approximate surface area is 197 Å². The number of aromatic nitrogens is 2. The van der Waals surface area contributed by atoms with Crippen molar-refractivity contribution < 1.29 is 4.79 Å². The molecule has 0 bridgehead atoms. The molecule has 0 N–H and O–H groups in total. The number of hydrogen-bond donors (Lipinski definition) is 0. The van der Waals surface area contributed by atoms with Gasteiger partial charge in [-0.2, -0.15) is 0 Å². The van der Waals surface area contributed by atoms with Gasteiger partial charge in [0.2, 0.25) is 0 Å². The molecule has 0 spiro atoms. The summed E-state index contributed by atoms with van der Waals surface area (Å²) in [4.78, 5) is 26.8. The van der Waals surface area contributed by atoms with Crippen LogP contribution >= 0.6 is 0 Å². The molecule has 2 heterocycles. The van der Waals surface area contributed by atoms with Crippen molar-refractivity contribution in [2.45, 2.75) is 47.5 Å². The second-order valence-electron chi connectivity index (χ2n) is 9.09. The first-order valence-corrected chi connectivity index (χ1v) is 11.9. The van der Waals surface area contributed by atoms with Gasteiger partial charge in [-0.15, -0.1) is 0 Å². The van der Waals surface area contributed by atoms with Crippen molar-refractivity contribution in [1.29, 1.82) is 0 Å². The normalized spacial score (nSPS) is 14.0. The van der Waals surface area contributed by atoms with Crippen LogP contribution in [0.5, 0.6) is 0 Å². The SMILES string of the molecule is CCc1ccc(C(=O)N2CCN(c3nc(C)nc(C)c3Cc3cc(C)ccc3C)CC2)cc1. The summed E-state index contributed by atoms with van der Waals surface area (Å²) in [5, 5.41) is 0. The van der Waals surface area contributed by atoms with E-state index in [9.17, 15) is 4.79 Å². The van der Waals surface area contributed by atoms with Gasteiger partial charge in [0.15, 0.2) is 0 Å². The van der Waals surface area contributed by atoms with Crippen LogP contribution in [0, 0.1) is 27.7 Å². The summed E-state index contributed by atoms with van der Waals surface area (Å²) < 4.78 is 0. The molecule has 1 amide bonds. The van der Waals surface area contributed by atoms with Crippen molar-refractivity contribution in [3.8, 4) is 0 Å². The molecule has 0 atom stereocenters. The third-order valence-corrected chi connectivity index (χ3v) is 6.65. The van der Waals surface area contributed by atoms with Crippen molar-refractivity contribution in [2.75, 3.05) is 31.1 Å². The van der Waals surface area contributed by atoms with Gasteiger partial charge < -0.3 is 9.80 Å². The molecule has 2 aromatic carbocycles. The van der Waals surface area contributed by atoms with Crippen molar-refractivity contribution >= 4 is 11.7 Å². The van der Waals surface area contributed by atoms with Gasteiger partial charge in [0, 0.05) is 49.4 Å². The predicted octanol–water partition coefficient (Wildman–Crippen LogP) is 4.83. The zero-order valence-corrected chi connectivity index (χ0v) is 20.5. The van der Waals surface area contributed by atoms with Crippen molar-refractivity contribution in [1.82, 2.24) is 14.9 Å². The van der Waals surface area contributed by atoms with Crippen LogP contribution < -0.4 is 4.90 Å². The van der Waals surface area contributed by atoms with E-state index >= 15 is 0 Å². The Morgan fingerprint density at radius 2 is 1.61 bits per heavy atom. The van der Waals surface area contributed by atoms with E-state index in [2.05, 4.69) is 67.9 Å². The van der Waals surface area contributed by atoms with Crippen LogP contribution in [0.4, 0.5) is 5.82 Å². The molecule has 1 saturated heterocycles. The molecular formula is C28H34N4O. The number of rotatable bonds is 5. The van der Waals surface area contributed by atoms with Crippen LogP contribution in [0.25, 0.3) is 0 Å². The second-order valence-corrected chi connectivity index (χ2v) is 9.09. The van der Waals surface area contributed by atoms with Gasteiger partial charge in [0.1, 0.15) is 11.6 Å². The minimum Gasteiger partial charge on any atom is -0.353 e. The van der Waals surface area contributed by atoms with Gasteiger partial charge in [-0.05, 0) is 62.9 Å². The fraction of sp³-hybridized carbons (Fsp3) is 0.393. The van der Waals surface area contributed by atoms with E-state index in [1.807, 2.05) is 24.0 Å². The van der Waals surface area contributed by atoms with Crippen molar-refractivity contribution in [3.63, 3.8) is 0 Å². The van der Waals surface area contributed by atoms with Gasteiger partial charge in [0.05, 0.1) is 0 Å². The number of piperazine rings is 1. The van der Waals surface area contributed by atoms with Crippen LogP contribution in [0.3, 0.4) is 0 Å². The van der Waals surface area contributed by atoms with E-state index in [-0.39, 0.29) is 5.91 Å². The topological polar surface area (TPSA) is 49.3 Å². The van der Waals surface area contributed by atoms with Crippen LogP contribution in [-0.4, -0.2) is 47.0 Å². The third kappa shape index (κ3) is 5.08. The highest BCUT2D eigenvalue weighted by molar-refractivity contribution is 5.94. The maximum Gasteiger partial charge on any atom is 0.253 e. The average Bonchev–Trinajstić information content (AvgIpc) is 2.82. The van der Waals surface area contributed by atoms with Crippen LogP contribution in [-0.2, 0) is 12.8 Å². The van der Waals surface area contributed by atoms with E-state index in [4.69, 9.17) is 4.98 Å². The Hall–Kier alpha value is -3.21. The van der Waals surface area contributed by atoms with Crippen molar-refractivity contribution in [3.05, 3.63) is 87.4 Å². The fourth-order valence-electron chi connectivity index (χ4n) is 4.55. The molecule has 33 heavy (non-hydrogen) atoms. The number of aryl methyl sites for hydroxylation is 5. The summed E-state index contributed by atoms with van der Waals surface area (Å²) in [5.74, 6) is 1.92. The zero-order valence-electron chi connectivity index (χ0n) is 20.5. The number of anilines is 1. The highest BCUT2D eigenvalue weighted by Crippen LogP contribution is 2.27. The molecule has 1 fully saturated rings. The fourth-order valence-corrected chi connectivity index (χ4v) is 4.55. The van der Waals surface area contributed by atoms with Gasteiger partial charge >= 0.3 is 0 Å². The first-order chi connectivity index (χ1) is 15.9. The number of benzene rings is 2. The summed E-state index contributed by atoms with van der Waals surface area (Å²) in [6, 6.07) is 14.6. The monoisotopic (exact) mass is 442 g/mol. The molecule has 3 aromatic rings. The van der Waals surface area contributed by atoms with E-state index in [1.54, 1.807) is 0 Å². The molecule has 172 valence electrons. The van der Waals surface area contributed by atoms with E-state index in [1.165, 1.54) is 27.8 Å². The number of hydrogen-bond acceptors (Lipinski definition) is 4. The number of carbonyl (C=O) groups excluding carboxylic acids is 1. The molecule has 0 unspecified atom stereocenters. The minimum atomic E-state index is 0.114. The molecule has 0 radical (unpaired) electrons. The maximum absolute atomic E-state index is 13.0. The summed E-state index contributed by atoms with van der Waals surface area (Å²) in [6.07, 6.45) is 1.80. The minimum absolute atomic E-state index is 0.114. The number of nitrogens with zero attached hydrogens (tertiary/aromatic N) is 4. The molecule has 0 saturated carbocycles. The van der Waals surface area contributed by atoms with E-state index in [0.717, 1.165) is 48.8 Å². The summed E-state index contributed by atoms with van der Waals surface area (Å²) in [6.45, 7) is 13.4. The summed E-state index contributed by atoms with van der Waals surface area (Å²) in [7, 11) is 0. The Balaban J connectivity index is 1.53. The highest BCUT2D eigenvalue weighted by atomic mass is 16.2. The van der Waals surface area contributed by atoms with Crippen LogP contribution in [0.1, 0.15) is 56.6 Å². The molecule has 1 aromatic heterocycles. The number of amides is 1. The van der Waals surface area contributed by atoms with Crippen molar-refractivity contribution in [2.24, 2.45) is 0 Å². The lowest BCUT2D eigenvalue weighted by Crippen LogP contribution is -2.49. The molecule has 5 nitrogen and oxygen atoms in total. The lowest BCUT2D eigenvalue weighted by molar-refractivity contribution is 0.0746. The third-order valence-electron chi connectivity index (χ3n) is 6.65. The molecular weight excluding hydrogens is 408 g/mol.